The van der Waals surface area contributed by atoms with Crippen LogP contribution >= 0.6 is 0 Å². The van der Waals surface area contributed by atoms with Gasteiger partial charge < -0.3 is 5.11 Å². The average molecular weight is 289 g/mol. The largest absolute Gasteiger partial charge is 0.396 e. The Morgan fingerprint density at radius 1 is 1.29 bits per heavy atom. The monoisotopic (exact) mass is 288 g/mol. The van der Waals surface area contributed by atoms with Gasteiger partial charge in [-0.15, -0.1) is 5.70 Å². The molecule has 0 radical (unpaired) electrons. The summed E-state index contributed by atoms with van der Waals surface area (Å²) in [6, 6.07) is 1.30. The number of rotatable bonds is 8. The molecule has 0 bridgehead atoms. The van der Waals surface area contributed by atoms with Gasteiger partial charge in [0.2, 0.25) is 0 Å². The maximum absolute atomic E-state index is 9.00. The molecular formula is C13H32OSi3. The van der Waals surface area contributed by atoms with Crippen LogP contribution in [0.1, 0.15) is 34.1 Å². The van der Waals surface area contributed by atoms with Crippen LogP contribution in [0.25, 0.3) is 0 Å². The zero-order valence-electron chi connectivity index (χ0n) is 12.8. The summed E-state index contributed by atoms with van der Waals surface area (Å²) in [5.41, 5.74) is 5.61. The number of allylic oxidation sites excluding steroid dienone is 1. The van der Waals surface area contributed by atoms with E-state index in [2.05, 4.69) is 46.5 Å². The van der Waals surface area contributed by atoms with E-state index in [0.29, 0.717) is 11.3 Å². The third-order valence-corrected chi connectivity index (χ3v) is 18.6. The minimum Gasteiger partial charge on any atom is -0.396 e. The Kier molecular flexibility index (Phi) is 7.87. The number of hydrogen-bond donors (Lipinski definition) is 1. The minimum atomic E-state index is -1.13. The first-order valence-corrected chi connectivity index (χ1v) is 13.7. The lowest BCUT2D eigenvalue weighted by atomic mass is 10.4. The van der Waals surface area contributed by atoms with Crippen LogP contribution in [0.3, 0.4) is 0 Å². The topological polar surface area (TPSA) is 20.2 Å². The van der Waals surface area contributed by atoms with Gasteiger partial charge in [-0.2, -0.15) is 0 Å². The third-order valence-electron chi connectivity index (χ3n) is 4.35. The molecule has 0 aromatic carbocycles. The van der Waals surface area contributed by atoms with Crippen molar-refractivity contribution in [2.24, 2.45) is 0 Å². The predicted octanol–water partition coefficient (Wildman–Crippen LogP) is 2.45. The van der Waals surface area contributed by atoms with E-state index < -0.39 is 8.07 Å². The Morgan fingerprint density at radius 3 is 2.35 bits per heavy atom. The molecule has 0 aromatic rings. The van der Waals surface area contributed by atoms with Crippen LogP contribution < -0.4 is 0 Å². The second-order valence-corrected chi connectivity index (χ2v) is 19.2. The van der Waals surface area contributed by atoms with Crippen molar-refractivity contribution < 1.29 is 5.11 Å². The molecule has 1 N–H and O–H groups in total. The molecule has 0 unspecified atom stereocenters. The fourth-order valence-electron chi connectivity index (χ4n) is 2.13. The fraction of sp³-hybridized carbons (Fsp3) is 0.846. The molecule has 1 nitrogen and oxygen atoms in total. The van der Waals surface area contributed by atoms with E-state index in [0.717, 1.165) is 6.42 Å². The van der Waals surface area contributed by atoms with Gasteiger partial charge in [0.25, 0.3) is 0 Å². The molecule has 0 atom stereocenters. The van der Waals surface area contributed by atoms with Crippen molar-refractivity contribution in [3.05, 3.63) is 11.3 Å². The van der Waals surface area contributed by atoms with Crippen molar-refractivity contribution in [1.82, 2.24) is 0 Å². The van der Waals surface area contributed by atoms with E-state index in [-0.39, 0.29) is 19.0 Å². The van der Waals surface area contributed by atoms with Crippen molar-refractivity contribution in [2.75, 3.05) is 6.61 Å². The van der Waals surface area contributed by atoms with Gasteiger partial charge in [0.05, 0.1) is 0 Å². The standard InChI is InChI=1S/C13H32OSi3/c1-12(2)10-15-11-16-13(3,4)17(5,6)9-7-8-14/h10,14H,7-9,11,15-16H2,1-6H3. The van der Waals surface area contributed by atoms with Gasteiger partial charge in [-0.1, -0.05) is 44.2 Å². The quantitative estimate of drug-likeness (QED) is 0.537. The minimum absolute atomic E-state index is 0.0614. The summed E-state index contributed by atoms with van der Waals surface area (Å²) in [4.78, 5) is 0. The Bertz CT molecular complexity index is 243. The first-order valence-electron chi connectivity index (χ1n) is 6.97. The van der Waals surface area contributed by atoms with Crippen LogP contribution in [-0.2, 0) is 0 Å². The lowest BCUT2D eigenvalue weighted by Crippen LogP contribution is -2.42. The van der Waals surface area contributed by atoms with Crippen molar-refractivity contribution in [3.8, 4) is 0 Å². The first kappa shape index (κ1) is 17.4. The van der Waals surface area contributed by atoms with E-state index in [1.165, 1.54) is 11.6 Å². The van der Waals surface area contributed by atoms with Gasteiger partial charge >= 0.3 is 0 Å². The number of aliphatic hydroxyl groups excluding tert-OH is 1. The smallest absolute Gasteiger partial charge is 0.0499 e. The predicted molar refractivity (Wildman–Crippen MR) is 89.4 cm³/mol. The molecule has 0 spiro atoms. The molecule has 0 heterocycles. The van der Waals surface area contributed by atoms with Gasteiger partial charge in [0.15, 0.2) is 0 Å². The van der Waals surface area contributed by atoms with E-state index in [4.69, 9.17) is 5.11 Å². The fourth-order valence-corrected chi connectivity index (χ4v) is 14.4. The van der Waals surface area contributed by atoms with Crippen LogP contribution in [0.2, 0.25) is 29.5 Å². The molecule has 0 saturated heterocycles. The van der Waals surface area contributed by atoms with Gasteiger partial charge in [0, 0.05) is 33.7 Å². The maximum Gasteiger partial charge on any atom is 0.0499 e. The van der Waals surface area contributed by atoms with E-state index in [1.807, 2.05) is 0 Å². The molecule has 0 aromatic heterocycles. The van der Waals surface area contributed by atoms with Gasteiger partial charge in [0.1, 0.15) is 0 Å². The maximum atomic E-state index is 9.00. The summed E-state index contributed by atoms with van der Waals surface area (Å²) in [6.07, 6.45) is 1.02. The van der Waals surface area contributed by atoms with Gasteiger partial charge in [-0.25, -0.2) is 0 Å². The Morgan fingerprint density at radius 2 is 1.88 bits per heavy atom. The van der Waals surface area contributed by atoms with Crippen LogP contribution in [0, 0.1) is 0 Å². The molecule has 0 rings (SSSR count). The second kappa shape index (κ2) is 7.71. The van der Waals surface area contributed by atoms with E-state index >= 15 is 0 Å². The molecule has 17 heavy (non-hydrogen) atoms. The number of aliphatic hydroxyl groups is 1. The van der Waals surface area contributed by atoms with Gasteiger partial charge in [-0.05, 0) is 24.9 Å². The molecule has 0 aliphatic heterocycles. The lowest BCUT2D eigenvalue weighted by Gasteiger charge is -2.40. The number of hydrogen-bond acceptors (Lipinski definition) is 1. The molecule has 102 valence electrons. The summed E-state index contributed by atoms with van der Waals surface area (Å²) >= 11 is 0. The molecule has 0 aliphatic rings. The average Bonchev–Trinajstić information content (AvgIpc) is 2.21. The summed E-state index contributed by atoms with van der Waals surface area (Å²) in [7, 11) is -0.985. The summed E-state index contributed by atoms with van der Waals surface area (Å²) in [5, 5.41) is 9.00. The highest BCUT2D eigenvalue weighted by Gasteiger charge is 2.37. The molecule has 0 fully saturated rings. The SMILES string of the molecule is CC(C)=C[SiH2]C[SiH2]C(C)(C)[Si](C)(C)CCCO. The third kappa shape index (κ3) is 6.74. The zero-order valence-corrected chi connectivity index (χ0v) is 16.6. The molecule has 0 amide bonds. The Labute approximate surface area is 114 Å². The Balaban J connectivity index is 4.20. The van der Waals surface area contributed by atoms with Crippen LogP contribution in [0.4, 0.5) is 0 Å². The van der Waals surface area contributed by atoms with Crippen LogP contribution in [-0.4, -0.2) is 38.8 Å². The van der Waals surface area contributed by atoms with E-state index in [1.54, 1.807) is 5.67 Å². The lowest BCUT2D eigenvalue weighted by molar-refractivity contribution is 0.294. The molecule has 4 heteroatoms. The van der Waals surface area contributed by atoms with Crippen LogP contribution in [0.15, 0.2) is 11.3 Å². The van der Waals surface area contributed by atoms with Gasteiger partial charge in [-0.3, -0.25) is 0 Å². The molecular weight excluding hydrogens is 256 g/mol. The highest BCUT2D eigenvalue weighted by molar-refractivity contribution is 6.89. The van der Waals surface area contributed by atoms with Crippen LogP contribution in [0.5, 0.6) is 0 Å². The normalized spacial score (nSPS) is 14.1. The zero-order chi connectivity index (χ0) is 13.5. The highest BCUT2D eigenvalue weighted by atomic mass is 28.4. The second-order valence-electron chi connectivity index (χ2n) is 6.77. The summed E-state index contributed by atoms with van der Waals surface area (Å²) in [6.45, 7) is 14.9. The van der Waals surface area contributed by atoms with Crippen molar-refractivity contribution in [1.29, 1.82) is 0 Å². The van der Waals surface area contributed by atoms with Crippen molar-refractivity contribution in [3.63, 3.8) is 0 Å². The van der Waals surface area contributed by atoms with E-state index in [9.17, 15) is 0 Å². The van der Waals surface area contributed by atoms with Crippen molar-refractivity contribution in [2.45, 2.75) is 63.6 Å². The molecule has 0 saturated carbocycles. The first-order chi connectivity index (χ1) is 7.73. The Hall–Kier alpha value is 0.351. The molecule has 0 aliphatic carbocycles. The highest BCUT2D eigenvalue weighted by Crippen LogP contribution is 2.39. The summed E-state index contributed by atoms with van der Waals surface area (Å²) in [5.74, 6) is 0. The summed E-state index contributed by atoms with van der Waals surface area (Å²) < 4.78 is 0.657. The van der Waals surface area contributed by atoms with Crippen molar-refractivity contribution >= 4 is 27.1 Å².